The molecule has 4 rings (SSSR count). The van der Waals surface area contributed by atoms with Gasteiger partial charge in [0.1, 0.15) is 0 Å². The van der Waals surface area contributed by atoms with Crippen LogP contribution in [0.1, 0.15) is 27.2 Å². The van der Waals surface area contributed by atoms with Gasteiger partial charge in [-0.3, -0.25) is 9.59 Å². The van der Waals surface area contributed by atoms with Gasteiger partial charge in [-0.15, -0.1) is 0 Å². The largest absolute Gasteiger partial charge is 0.459 e. The predicted octanol–water partition coefficient (Wildman–Crippen LogP) is 4.58. The number of H-pyrrole nitrogens is 1. The molecule has 0 saturated carbocycles. The lowest BCUT2D eigenvalue weighted by Crippen LogP contribution is -2.33. The van der Waals surface area contributed by atoms with Crippen LogP contribution in [0.25, 0.3) is 10.9 Å². The van der Waals surface area contributed by atoms with Crippen LogP contribution < -0.4 is 10.5 Å². The van der Waals surface area contributed by atoms with E-state index in [0.717, 1.165) is 27.7 Å². The second-order valence-corrected chi connectivity index (χ2v) is 6.87. The topological polar surface area (TPSA) is 66.3 Å². The van der Waals surface area contributed by atoms with E-state index in [2.05, 4.69) is 4.98 Å². The van der Waals surface area contributed by atoms with Crippen molar-refractivity contribution in [2.24, 2.45) is 0 Å². The van der Waals surface area contributed by atoms with Gasteiger partial charge in [0.25, 0.3) is 11.5 Å². The molecule has 0 saturated heterocycles. The van der Waals surface area contributed by atoms with Crippen LogP contribution in [0, 0.1) is 13.8 Å². The summed E-state index contributed by atoms with van der Waals surface area (Å²) in [5, 5.41) is 0.920. The summed E-state index contributed by atoms with van der Waals surface area (Å²) in [5.41, 5.74) is 3.89. The number of pyridine rings is 1. The van der Waals surface area contributed by atoms with Crippen molar-refractivity contribution in [3.63, 3.8) is 0 Å². The van der Waals surface area contributed by atoms with Gasteiger partial charge in [0.05, 0.1) is 12.8 Å². The van der Waals surface area contributed by atoms with E-state index in [-0.39, 0.29) is 23.8 Å². The highest BCUT2D eigenvalue weighted by molar-refractivity contribution is 6.04. The van der Waals surface area contributed by atoms with E-state index in [4.69, 9.17) is 4.42 Å². The number of nitrogens with one attached hydrogen (secondary N) is 1. The number of carbonyl (C=O) groups is 1. The third kappa shape index (κ3) is 3.34. The van der Waals surface area contributed by atoms with E-state index in [1.807, 2.05) is 62.4 Å². The van der Waals surface area contributed by atoms with E-state index in [0.29, 0.717) is 5.56 Å². The first-order chi connectivity index (χ1) is 13.5. The van der Waals surface area contributed by atoms with E-state index >= 15 is 0 Å². The number of aromatic nitrogens is 1. The fourth-order valence-corrected chi connectivity index (χ4v) is 3.39. The van der Waals surface area contributed by atoms with E-state index in [1.165, 1.54) is 6.26 Å². The molecule has 0 aliphatic carbocycles. The number of nitrogens with zero attached hydrogens (tertiary/aromatic N) is 1. The summed E-state index contributed by atoms with van der Waals surface area (Å²) in [5.74, 6) is -0.0540. The van der Waals surface area contributed by atoms with Gasteiger partial charge in [0, 0.05) is 16.8 Å². The number of aromatic amines is 1. The quantitative estimate of drug-likeness (QED) is 0.570. The molecule has 4 aromatic rings. The summed E-state index contributed by atoms with van der Waals surface area (Å²) >= 11 is 0. The Morgan fingerprint density at radius 3 is 2.61 bits per heavy atom. The van der Waals surface area contributed by atoms with Crippen LogP contribution in [0.5, 0.6) is 0 Å². The predicted molar refractivity (Wildman–Crippen MR) is 110 cm³/mol. The Morgan fingerprint density at radius 2 is 1.86 bits per heavy atom. The first-order valence-electron chi connectivity index (χ1n) is 9.06. The van der Waals surface area contributed by atoms with Crippen molar-refractivity contribution in [3.05, 3.63) is 99.7 Å². The molecule has 0 spiro atoms. The van der Waals surface area contributed by atoms with E-state index in [9.17, 15) is 9.59 Å². The maximum atomic E-state index is 13.1. The fourth-order valence-electron chi connectivity index (χ4n) is 3.39. The minimum atomic E-state index is -0.287. The number of furan rings is 1. The number of amides is 1. The molecule has 1 N–H and O–H groups in total. The molecular formula is C23H20N2O3. The number of hydrogen-bond acceptors (Lipinski definition) is 3. The van der Waals surface area contributed by atoms with Crippen LogP contribution >= 0.6 is 0 Å². The molecule has 2 heterocycles. The number of fused-ring (bicyclic) bond motifs is 1. The molecule has 28 heavy (non-hydrogen) atoms. The molecule has 0 bridgehead atoms. The van der Waals surface area contributed by atoms with Crippen LogP contribution in [-0.4, -0.2) is 10.9 Å². The number of benzene rings is 2. The van der Waals surface area contributed by atoms with Crippen molar-refractivity contribution in [1.29, 1.82) is 0 Å². The Balaban J connectivity index is 1.81. The van der Waals surface area contributed by atoms with Gasteiger partial charge >= 0.3 is 0 Å². The van der Waals surface area contributed by atoms with Gasteiger partial charge in [-0.1, -0.05) is 35.9 Å². The second kappa shape index (κ2) is 7.19. The lowest BCUT2D eigenvalue weighted by atomic mass is 10.1. The minimum Gasteiger partial charge on any atom is -0.459 e. The monoisotopic (exact) mass is 372 g/mol. The second-order valence-electron chi connectivity index (χ2n) is 6.87. The molecule has 1 amide bonds. The molecular weight excluding hydrogens is 352 g/mol. The van der Waals surface area contributed by atoms with Crippen molar-refractivity contribution in [3.8, 4) is 0 Å². The van der Waals surface area contributed by atoms with Gasteiger partial charge in [0.2, 0.25) is 0 Å². The maximum absolute atomic E-state index is 13.1. The van der Waals surface area contributed by atoms with Gasteiger partial charge in [-0.25, -0.2) is 0 Å². The van der Waals surface area contributed by atoms with Crippen LogP contribution in [0.15, 0.2) is 76.1 Å². The average molecular weight is 372 g/mol. The van der Waals surface area contributed by atoms with Crippen molar-refractivity contribution in [2.75, 3.05) is 4.90 Å². The number of hydrogen-bond donors (Lipinski definition) is 1. The van der Waals surface area contributed by atoms with Crippen molar-refractivity contribution < 1.29 is 9.21 Å². The van der Waals surface area contributed by atoms with Gasteiger partial charge < -0.3 is 14.3 Å². The molecule has 0 unspecified atom stereocenters. The number of rotatable bonds is 4. The highest BCUT2D eigenvalue weighted by atomic mass is 16.3. The minimum absolute atomic E-state index is 0.142. The van der Waals surface area contributed by atoms with E-state index in [1.54, 1.807) is 17.0 Å². The maximum Gasteiger partial charge on any atom is 0.294 e. The summed E-state index contributed by atoms with van der Waals surface area (Å²) < 4.78 is 5.32. The summed E-state index contributed by atoms with van der Waals surface area (Å²) in [6.07, 6.45) is 1.47. The normalized spacial score (nSPS) is 10.9. The molecule has 0 aliphatic rings. The summed E-state index contributed by atoms with van der Waals surface area (Å²) in [6.45, 7) is 4.10. The molecule has 2 aromatic carbocycles. The number of para-hydroxylation sites is 1. The Kier molecular flexibility index (Phi) is 4.57. The highest BCUT2D eigenvalue weighted by Crippen LogP contribution is 2.25. The Bertz CT molecular complexity index is 1210. The summed E-state index contributed by atoms with van der Waals surface area (Å²) in [6, 6.07) is 18.6. The molecule has 0 fully saturated rings. The molecule has 5 heteroatoms. The number of aryl methyl sites for hydroxylation is 2. The van der Waals surface area contributed by atoms with Gasteiger partial charge in [-0.2, -0.15) is 0 Å². The summed E-state index contributed by atoms with van der Waals surface area (Å²) in [7, 11) is 0. The van der Waals surface area contributed by atoms with Crippen molar-refractivity contribution >= 4 is 22.5 Å². The highest BCUT2D eigenvalue weighted by Gasteiger charge is 2.23. The molecule has 0 aliphatic heterocycles. The zero-order valence-electron chi connectivity index (χ0n) is 15.7. The number of anilines is 1. The lowest BCUT2D eigenvalue weighted by Gasteiger charge is -2.24. The third-order valence-corrected chi connectivity index (χ3v) is 4.78. The fraction of sp³-hybridized carbons (Fsp3) is 0.130. The lowest BCUT2D eigenvalue weighted by molar-refractivity contribution is 0.0958. The Morgan fingerprint density at radius 1 is 1.04 bits per heavy atom. The molecule has 2 aromatic heterocycles. The molecule has 5 nitrogen and oxygen atoms in total. The Hall–Kier alpha value is -3.60. The molecule has 0 atom stereocenters. The van der Waals surface area contributed by atoms with E-state index < -0.39 is 0 Å². The summed E-state index contributed by atoms with van der Waals surface area (Å²) in [4.78, 5) is 30.3. The van der Waals surface area contributed by atoms with Crippen LogP contribution in [0.3, 0.4) is 0 Å². The molecule has 140 valence electrons. The van der Waals surface area contributed by atoms with Crippen molar-refractivity contribution in [1.82, 2.24) is 4.98 Å². The standard InChI is InChI=1S/C23H20N2O3/c1-15-9-10-20(16(2)12-15)25(23(27)21-8-5-11-28-21)14-18-13-17-6-3-4-7-19(17)24-22(18)26/h3-13H,14H2,1-2H3,(H,24,26). The third-order valence-electron chi connectivity index (χ3n) is 4.78. The van der Waals surface area contributed by atoms with Crippen LogP contribution in [0.2, 0.25) is 0 Å². The van der Waals surface area contributed by atoms with Crippen LogP contribution in [-0.2, 0) is 6.54 Å². The van der Waals surface area contributed by atoms with Crippen molar-refractivity contribution in [2.45, 2.75) is 20.4 Å². The average Bonchev–Trinajstić information content (AvgIpc) is 3.21. The smallest absolute Gasteiger partial charge is 0.294 e. The zero-order valence-corrected chi connectivity index (χ0v) is 15.7. The first kappa shape index (κ1) is 17.8. The first-order valence-corrected chi connectivity index (χ1v) is 9.06. The number of carbonyl (C=O) groups excluding carboxylic acids is 1. The van der Waals surface area contributed by atoms with Crippen LogP contribution in [0.4, 0.5) is 5.69 Å². The Labute approximate surface area is 162 Å². The SMILES string of the molecule is Cc1ccc(N(Cc2cc3ccccc3[nH]c2=O)C(=O)c2ccco2)c(C)c1. The van der Waals surface area contributed by atoms with Gasteiger partial charge in [0.15, 0.2) is 5.76 Å². The van der Waals surface area contributed by atoms with Gasteiger partial charge in [-0.05, 0) is 55.1 Å². The molecule has 0 radical (unpaired) electrons. The zero-order chi connectivity index (χ0) is 19.7.